The summed E-state index contributed by atoms with van der Waals surface area (Å²) < 4.78 is 10.9. The van der Waals surface area contributed by atoms with Crippen LogP contribution in [0.5, 0.6) is 11.5 Å². The highest BCUT2D eigenvalue weighted by Crippen LogP contribution is 2.58. The van der Waals surface area contributed by atoms with E-state index in [9.17, 15) is 14.4 Å². The standard InChI is InChI=1S/C35H28N2O5/c1-41-24-12-7-10-22(19-24)32(38)30-31(33(39)23-11-8-13-25(20-23)42-2)37-28-16-6-3-9-21(28)17-18-29(37)35(30)26-14-4-5-15-27(26)36-34(35)40/h3-20,29-31H,1-2H3,(H,36,40)/t29-,30+,31-,35+/m0/s1. The Hall–Kier alpha value is -5.17. The Balaban J connectivity index is 1.53. The van der Waals surface area contributed by atoms with Gasteiger partial charge in [-0.1, -0.05) is 72.8 Å². The summed E-state index contributed by atoms with van der Waals surface area (Å²) in [7, 11) is 3.09. The molecular formula is C35H28N2O5. The fraction of sp³-hybridized carbons (Fsp3) is 0.171. The third kappa shape index (κ3) is 3.56. The second kappa shape index (κ2) is 9.73. The molecule has 1 spiro atoms. The Morgan fingerprint density at radius 2 is 1.43 bits per heavy atom. The molecule has 208 valence electrons. The van der Waals surface area contributed by atoms with Crippen LogP contribution in [0.15, 0.2) is 103 Å². The van der Waals surface area contributed by atoms with Crippen LogP contribution in [-0.2, 0) is 10.2 Å². The van der Waals surface area contributed by atoms with Crippen LogP contribution in [0.1, 0.15) is 31.8 Å². The maximum absolute atomic E-state index is 14.9. The lowest BCUT2D eigenvalue weighted by atomic mass is 9.64. The lowest BCUT2D eigenvalue weighted by Crippen LogP contribution is -2.51. The number of para-hydroxylation sites is 2. The lowest BCUT2D eigenvalue weighted by Gasteiger charge is -2.37. The van der Waals surface area contributed by atoms with Gasteiger partial charge in [0.2, 0.25) is 5.91 Å². The van der Waals surface area contributed by atoms with Crippen molar-refractivity contribution in [2.75, 3.05) is 24.4 Å². The van der Waals surface area contributed by atoms with Crippen molar-refractivity contribution in [3.8, 4) is 11.5 Å². The van der Waals surface area contributed by atoms with Crippen LogP contribution >= 0.6 is 0 Å². The summed E-state index contributed by atoms with van der Waals surface area (Å²) in [6, 6.07) is 27.5. The molecule has 3 aliphatic rings. The van der Waals surface area contributed by atoms with Gasteiger partial charge in [0.1, 0.15) is 23.0 Å². The first-order chi connectivity index (χ1) is 20.5. The molecule has 0 saturated carbocycles. The number of ether oxygens (including phenoxy) is 2. The number of anilines is 2. The highest BCUT2D eigenvalue weighted by atomic mass is 16.5. The highest BCUT2D eigenvalue weighted by Gasteiger charge is 2.70. The Morgan fingerprint density at radius 1 is 0.786 bits per heavy atom. The fourth-order valence-corrected chi connectivity index (χ4v) is 7.02. The summed E-state index contributed by atoms with van der Waals surface area (Å²) in [5, 5.41) is 3.06. The summed E-state index contributed by atoms with van der Waals surface area (Å²) in [4.78, 5) is 46.1. The van der Waals surface area contributed by atoms with Gasteiger partial charge in [0.15, 0.2) is 11.6 Å². The van der Waals surface area contributed by atoms with E-state index in [1.54, 1.807) is 62.8 Å². The van der Waals surface area contributed by atoms with Crippen LogP contribution in [-0.4, -0.2) is 43.8 Å². The smallest absolute Gasteiger partial charge is 0.238 e. The molecule has 4 aromatic rings. The zero-order valence-electron chi connectivity index (χ0n) is 23.1. The quantitative estimate of drug-likeness (QED) is 0.313. The largest absolute Gasteiger partial charge is 0.497 e. The minimum atomic E-state index is -1.38. The molecular weight excluding hydrogens is 528 g/mol. The van der Waals surface area contributed by atoms with Gasteiger partial charge in [0.05, 0.1) is 26.2 Å². The lowest BCUT2D eigenvalue weighted by molar-refractivity contribution is -0.121. The molecule has 42 heavy (non-hydrogen) atoms. The van der Waals surface area contributed by atoms with E-state index < -0.39 is 23.4 Å². The van der Waals surface area contributed by atoms with Crippen molar-refractivity contribution < 1.29 is 23.9 Å². The van der Waals surface area contributed by atoms with E-state index in [2.05, 4.69) is 5.32 Å². The summed E-state index contributed by atoms with van der Waals surface area (Å²) in [5.41, 5.74) is 2.45. The fourth-order valence-electron chi connectivity index (χ4n) is 7.02. The monoisotopic (exact) mass is 556 g/mol. The molecule has 1 saturated heterocycles. The number of hydrogen-bond donors (Lipinski definition) is 1. The molecule has 0 bridgehead atoms. The maximum atomic E-state index is 14.9. The highest BCUT2D eigenvalue weighted by molar-refractivity contribution is 6.18. The number of fused-ring (bicyclic) bond motifs is 6. The number of hydrogen-bond acceptors (Lipinski definition) is 6. The van der Waals surface area contributed by atoms with E-state index in [1.807, 2.05) is 65.6 Å². The van der Waals surface area contributed by atoms with Gasteiger partial charge >= 0.3 is 0 Å². The Labute approximate surface area is 243 Å². The first-order valence-electron chi connectivity index (χ1n) is 13.8. The van der Waals surface area contributed by atoms with Crippen molar-refractivity contribution in [3.05, 3.63) is 125 Å². The molecule has 3 heterocycles. The predicted octanol–water partition coefficient (Wildman–Crippen LogP) is 5.56. The van der Waals surface area contributed by atoms with Gasteiger partial charge in [-0.3, -0.25) is 14.4 Å². The molecule has 1 N–H and O–H groups in total. The molecule has 7 heteroatoms. The van der Waals surface area contributed by atoms with E-state index in [4.69, 9.17) is 9.47 Å². The normalized spacial score (nSPS) is 23.1. The molecule has 0 aromatic heterocycles. The topological polar surface area (TPSA) is 84.9 Å². The minimum absolute atomic E-state index is 0.265. The van der Waals surface area contributed by atoms with Gasteiger partial charge in [-0.25, -0.2) is 0 Å². The third-order valence-corrected chi connectivity index (χ3v) is 8.80. The number of carbonyl (C=O) groups is 3. The van der Waals surface area contributed by atoms with Gasteiger partial charge in [0, 0.05) is 22.5 Å². The zero-order chi connectivity index (χ0) is 29.0. The average molecular weight is 557 g/mol. The molecule has 0 radical (unpaired) electrons. The summed E-state index contributed by atoms with van der Waals surface area (Å²) >= 11 is 0. The predicted molar refractivity (Wildman–Crippen MR) is 160 cm³/mol. The van der Waals surface area contributed by atoms with Crippen LogP contribution in [0.2, 0.25) is 0 Å². The van der Waals surface area contributed by atoms with Crippen LogP contribution in [0, 0.1) is 5.92 Å². The van der Waals surface area contributed by atoms with Gasteiger partial charge in [-0.15, -0.1) is 0 Å². The van der Waals surface area contributed by atoms with Crippen LogP contribution in [0.3, 0.4) is 0 Å². The number of nitrogens with zero attached hydrogens (tertiary/aromatic N) is 1. The SMILES string of the molecule is COc1cccc(C(=O)[C@@H]2[C@H](C(=O)c3cccc(OC)c3)[C@]3(C(=O)Nc4ccccc43)[C@@H]3C=Cc4ccccc4N23)c1. The number of benzene rings is 4. The number of amides is 1. The number of methoxy groups -OCH3 is 2. The summed E-state index contributed by atoms with van der Waals surface area (Å²) in [5.74, 6) is -0.884. The van der Waals surface area contributed by atoms with Gasteiger partial charge < -0.3 is 19.7 Å². The molecule has 0 aliphatic carbocycles. The van der Waals surface area contributed by atoms with E-state index in [1.165, 1.54) is 0 Å². The summed E-state index contributed by atoms with van der Waals surface area (Å²) in [6.07, 6.45) is 3.95. The second-order valence-electron chi connectivity index (χ2n) is 10.8. The number of rotatable bonds is 6. The van der Waals surface area contributed by atoms with Crippen molar-refractivity contribution in [1.82, 2.24) is 0 Å². The number of nitrogens with one attached hydrogen (secondary N) is 1. The number of ketones is 2. The van der Waals surface area contributed by atoms with Crippen molar-refractivity contribution in [1.29, 1.82) is 0 Å². The van der Waals surface area contributed by atoms with Gasteiger partial charge in [-0.05, 0) is 47.5 Å². The number of carbonyl (C=O) groups excluding carboxylic acids is 3. The average Bonchev–Trinajstić information content (AvgIpc) is 3.52. The van der Waals surface area contributed by atoms with Gasteiger partial charge in [-0.2, -0.15) is 0 Å². The number of Topliss-reactive ketones (excluding diaryl/α,β-unsaturated/α-hetero) is 2. The van der Waals surface area contributed by atoms with Crippen molar-refractivity contribution in [3.63, 3.8) is 0 Å². The first kappa shape index (κ1) is 25.8. The minimum Gasteiger partial charge on any atom is -0.497 e. The van der Waals surface area contributed by atoms with Crippen LogP contribution in [0.25, 0.3) is 6.08 Å². The van der Waals surface area contributed by atoms with E-state index in [0.29, 0.717) is 33.9 Å². The molecule has 3 aliphatic heterocycles. The zero-order valence-corrected chi connectivity index (χ0v) is 23.1. The maximum Gasteiger partial charge on any atom is 0.238 e. The summed E-state index contributed by atoms with van der Waals surface area (Å²) in [6.45, 7) is 0. The molecule has 4 atom stereocenters. The molecule has 7 rings (SSSR count). The van der Waals surface area contributed by atoms with E-state index in [-0.39, 0.29) is 17.5 Å². The Morgan fingerprint density at radius 3 is 2.14 bits per heavy atom. The third-order valence-electron chi connectivity index (χ3n) is 8.80. The van der Waals surface area contributed by atoms with Crippen LogP contribution in [0.4, 0.5) is 11.4 Å². The second-order valence-corrected chi connectivity index (χ2v) is 10.8. The Bertz CT molecular complexity index is 1800. The molecule has 4 aromatic carbocycles. The van der Waals surface area contributed by atoms with Crippen molar-refractivity contribution >= 4 is 34.9 Å². The van der Waals surface area contributed by atoms with Gasteiger partial charge in [0.25, 0.3) is 0 Å². The van der Waals surface area contributed by atoms with Crippen molar-refractivity contribution in [2.24, 2.45) is 5.92 Å². The molecule has 1 fully saturated rings. The van der Waals surface area contributed by atoms with E-state index in [0.717, 1.165) is 11.3 Å². The molecule has 7 nitrogen and oxygen atoms in total. The Kier molecular flexibility index (Phi) is 5.97. The molecule has 0 unspecified atom stereocenters. The van der Waals surface area contributed by atoms with Crippen molar-refractivity contribution in [2.45, 2.75) is 17.5 Å². The van der Waals surface area contributed by atoms with E-state index >= 15 is 0 Å². The first-order valence-corrected chi connectivity index (χ1v) is 13.8. The molecule has 1 amide bonds. The van der Waals surface area contributed by atoms with Crippen LogP contribution < -0.4 is 19.7 Å².